The highest BCUT2D eigenvalue weighted by Crippen LogP contribution is 2.24. The molecule has 26 heavy (non-hydrogen) atoms. The zero-order valence-electron chi connectivity index (χ0n) is 15.6. The predicted molar refractivity (Wildman–Crippen MR) is 96.5 cm³/mol. The van der Waals surface area contributed by atoms with Crippen LogP contribution in [0.25, 0.3) is 0 Å². The molecule has 2 aromatic rings. The van der Waals surface area contributed by atoms with Gasteiger partial charge in [-0.05, 0) is 25.3 Å². The fourth-order valence-electron chi connectivity index (χ4n) is 3.17. The van der Waals surface area contributed by atoms with E-state index in [1.807, 2.05) is 16.5 Å². The lowest BCUT2D eigenvalue weighted by molar-refractivity contribution is -0.134. The first kappa shape index (κ1) is 18.3. The van der Waals surface area contributed by atoms with Gasteiger partial charge >= 0.3 is 0 Å². The maximum absolute atomic E-state index is 12.6. The van der Waals surface area contributed by atoms with E-state index in [-0.39, 0.29) is 17.5 Å². The Balaban J connectivity index is 1.62. The van der Waals surface area contributed by atoms with Gasteiger partial charge in [-0.3, -0.25) is 9.59 Å². The molecule has 1 aliphatic rings. The van der Waals surface area contributed by atoms with Gasteiger partial charge in [0, 0.05) is 31.9 Å². The van der Waals surface area contributed by atoms with E-state index in [0.717, 1.165) is 24.5 Å². The number of carbonyl (C=O) groups excluding carboxylic acids is 1. The Hall–Kier alpha value is -2.51. The normalized spacial score (nSPS) is 16.8. The van der Waals surface area contributed by atoms with Crippen molar-refractivity contribution in [3.05, 3.63) is 39.8 Å². The van der Waals surface area contributed by atoms with Gasteiger partial charge in [-0.1, -0.05) is 13.8 Å². The summed E-state index contributed by atoms with van der Waals surface area (Å²) in [6.45, 7) is 7.70. The molecule has 0 radical (unpaired) electrons. The van der Waals surface area contributed by atoms with Crippen LogP contribution >= 0.6 is 0 Å². The second-order valence-corrected chi connectivity index (χ2v) is 7.22. The molecule has 1 N–H and O–H groups in total. The summed E-state index contributed by atoms with van der Waals surface area (Å²) in [4.78, 5) is 30.2. The Labute approximate surface area is 152 Å². The van der Waals surface area contributed by atoms with Gasteiger partial charge in [0.25, 0.3) is 5.56 Å². The van der Waals surface area contributed by atoms with E-state index in [4.69, 9.17) is 0 Å². The maximum Gasteiger partial charge on any atom is 0.264 e. The first-order valence-corrected chi connectivity index (χ1v) is 9.21. The molecule has 8 nitrogen and oxygen atoms in total. The molecular weight excluding hydrogens is 332 g/mol. The van der Waals surface area contributed by atoms with Gasteiger partial charge in [-0.25, -0.2) is 14.8 Å². The molecular formula is C18H26N6O2. The molecule has 8 heteroatoms. The van der Waals surface area contributed by atoms with Gasteiger partial charge in [0.2, 0.25) is 5.91 Å². The van der Waals surface area contributed by atoms with Gasteiger partial charge in [-0.15, -0.1) is 0 Å². The van der Waals surface area contributed by atoms with Crippen molar-refractivity contribution in [2.75, 3.05) is 6.54 Å². The number of fused-ring (bicyclic) bond motifs is 1. The monoisotopic (exact) mass is 358 g/mol. The standard InChI is InChI=1S/C18H26N6O2/c1-12(2)4-7-15-19-18-13(3)23(10-11-24(18)22-15)17(26)9-6-14-5-8-16(25)21-20-14/h5,8,12-13H,4,6-7,9-11H2,1-3H3,(H,21,25)/t13-/m1/s1. The number of aromatic nitrogens is 5. The molecule has 0 saturated carbocycles. The maximum atomic E-state index is 12.6. The van der Waals surface area contributed by atoms with Crippen molar-refractivity contribution in [3.63, 3.8) is 0 Å². The number of amides is 1. The van der Waals surface area contributed by atoms with Crippen LogP contribution in [0.15, 0.2) is 16.9 Å². The largest absolute Gasteiger partial charge is 0.331 e. The number of nitrogens with zero attached hydrogens (tertiary/aromatic N) is 5. The summed E-state index contributed by atoms with van der Waals surface area (Å²) in [7, 11) is 0. The minimum Gasteiger partial charge on any atom is -0.331 e. The topological polar surface area (TPSA) is 96.8 Å². The minimum atomic E-state index is -0.239. The lowest BCUT2D eigenvalue weighted by Crippen LogP contribution is -2.41. The Morgan fingerprint density at radius 3 is 2.81 bits per heavy atom. The lowest BCUT2D eigenvalue weighted by atomic mass is 10.1. The molecule has 0 fully saturated rings. The number of rotatable bonds is 6. The van der Waals surface area contributed by atoms with E-state index in [2.05, 4.69) is 34.1 Å². The fourth-order valence-corrected chi connectivity index (χ4v) is 3.17. The van der Waals surface area contributed by atoms with Crippen molar-refractivity contribution in [1.29, 1.82) is 0 Å². The van der Waals surface area contributed by atoms with E-state index < -0.39 is 0 Å². The van der Waals surface area contributed by atoms with Crippen molar-refractivity contribution in [2.45, 2.75) is 59.0 Å². The number of hydrogen-bond donors (Lipinski definition) is 1. The molecule has 0 unspecified atom stereocenters. The fraction of sp³-hybridized carbons (Fsp3) is 0.611. The third-order valence-corrected chi connectivity index (χ3v) is 4.74. The van der Waals surface area contributed by atoms with Crippen molar-refractivity contribution in [2.24, 2.45) is 5.92 Å². The molecule has 0 spiro atoms. The Morgan fingerprint density at radius 2 is 2.12 bits per heavy atom. The van der Waals surface area contributed by atoms with E-state index in [1.54, 1.807) is 6.07 Å². The van der Waals surface area contributed by atoms with Gasteiger partial charge in [-0.2, -0.15) is 10.2 Å². The van der Waals surface area contributed by atoms with E-state index in [1.165, 1.54) is 6.07 Å². The van der Waals surface area contributed by atoms with E-state index in [9.17, 15) is 9.59 Å². The summed E-state index contributed by atoms with van der Waals surface area (Å²) in [5.74, 6) is 2.42. The number of hydrogen-bond acceptors (Lipinski definition) is 5. The highest BCUT2D eigenvalue weighted by Gasteiger charge is 2.30. The molecule has 3 heterocycles. The summed E-state index contributed by atoms with van der Waals surface area (Å²) in [6.07, 6.45) is 2.80. The SMILES string of the molecule is CC(C)CCc1nc2n(n1)CCN(C(=O)CCc1ccc(=O)[nH]n1)[C@@H]2C. The highest BCUT2D eigenvalue weighted by molar-refractivity contribution is 5.77. The average molecular weight is 358 g/mol. The Kier molecular flexibility index (Phi) is 5.49. The Bertz CT molecular complexity index is 805. The molecule has 1 aliphatic heterocycles. The van der Waals surface area contributed by atoms with E-state index in [0.29, 0.717) is 37.5 Å². The van der Waals surface area contributed by atoms with Crippen molar-refractivity contribution >= 4 is 5.91 Å². The molecule has 140 valence electrons. The van der Waals surface area contributed by atoms with Crippen LogP contribution in [0.4, 0.5) is 0 Å². The molecule has 1 amide bonds. The van der Waals surface area contributed by atoms with Crippen LogP contribution in [0.5, 0.6) is 0 Å². The zero-order chi connectivity index (χ0) is 18.7. The van der Waals surface area contributed by atoms with Crippen LogP contribution in [0.3, 0.4) is 0 Å². The summed E-state index contributed by atoms with van der Waals surface area (Å²) >= 11 is 0. The smallest absolute Gasteiger partial charge is 0.264 e. The van der Waals surface area contributed by atoms with Gasteiger partial charge in [0.15, 0.2) is 5.82 Å². The van der Waals surface area contributed by atoms with Crippen molar-refractivity contribution in [3.8, 4) is 0 Å². The van der Waals surface area contributed by atoms with Crippen LogP contribution in [0.1, 0.15) is 57.0 Å². The predicted octanol–water partition coefficient (Wildman–Crippen LogP) is 1.49. The molecule has 0 saturated heterocycles. The second kappa shape index (κ2) is 7.80. The minimum absolute atomic E-state index is 0.0727. The first-order chi connectivity index (χ1) is 12.4. The van der Waals surface area contributed by atoms with Crippen LogP contribution in [0.2, 0.25) is 0 Å². The van der Waals surface area contributed by atoms with Crippen LogP contribution in [0, 0.1) is 5.92 Å². The number of H-pyrrole nitrogens is 1. The number of aromatic amines is 1. The summed E-state index contributed by atoms with van der Waals surface area (Å²) in [6, 6.07) is 3.00. The number of carbonyl (C=O) groups is 1. The quantitative estimate of drug-likeness (QED) is 0.844. The highest BCUT2D eigenvalue weighted by atomic mass is 16.2. The molecule has 0 aliphatic carbocycles. The molecule has 1 atom stereocenters. The third kappa shape index (κ3) is 4.17. The van der Waals surface area contributed by atoms with Crippen molar-refractivity contribution < 1.29 is 4.79 Å². The van der Waals surface area contributed by atoms with Gasteiger partial charge < -0.3 is 4.90 Å². The molecule has 0 aromatic carbocycles. The molecule has 2 aromatic heterocycles. The summed E-state index contributed by atoms with van der Waals surface area (Å²) in [5.41, 5.74) is 0.471. The van der Waals surface area contributed by atoms with Crippen LogP contribution in [-0.2, 0) is 24.2 Å². The number of aryl methyl sites for hydroxylation is 2. The third-order valence-electron chi connectivity index (χ3n) is 4.74. The molecule has 0 bridgehead atoms. The number of nitrogens with one attached hydrogen (secondary N) is 1. The first-order valence-electron chi connectivity index (χ1n) is 9.21. The average Bonchev–Trinajstić information content (AvgIpc) is 3.04. The van der Waals surface area contributed by atoms with E-state index >= 15 is 0 Å². The van der Waals surface area contributed by atoms with Crippen LogP contribution < -0.4 is 5.56 Å². The molecule has 3 rings (SSSR count). The summed E-state index contributed by atoms with van der Waals surface area (Å²) in [5, 5.41) is 10.9. The van der Waals surface area contributed by atoms with Gasteiger partial charge in [0.05, 0.1) is 18.3 Å². The van der Waals surface area contributed by atoms with Gasteiger partial charge in [0.1, 0.15) is 5.82 Å². The van der Waals surface area contributed by atoms with Crippen molar-refractivity contribution in [1.82, 2.24) is 29.9 Å². The second-order valence-electron chi connectivity index (χ2n) is 7.22. The lowest BCUT2D eigenvalue weighted by Gasteiger charge is -2.33. The Morgan fingerprint density at radius 1 is 1.31 bits per heavy atom. The summed E-state index contributed by atoms with van der Waals surface area (Å²) < 4.78 is 1.94. The zero-order valence-corrected chi connectivity index (χ0v) is 15.6. The van der Waals surface area contributed by atoms with Crippen LogP contribution in [-0.4, -0.2) is 42.3 Å².